The minimum Gasteiger partial charge on any atom is -0.461 e. The van der Waals surface area contributed by atoms with Gasteiger partial charge in [-0.15, -0.1) is 0 Å². The minimum atomic E-state index is -0.536. The summed E-state index contributed by atoms with van der Waals surface area (Å²) in [4.78, 5) is 15.0. The number of fused-ring (bicyclic) bond motifs is 5. The number of carbonyl (C=O) groups is 1. The molecule has 4 heteroatoms. The summed E-state index contributed by atoms with van der Waals surface area (Å²) < 4.78 is 6.07. The van der Waals surface area contributed by atoms with Crippen molar-refractivity contribution in [1.82, 2.24) is 4.90 Å². The van der Waals surface area contributed by atoms with Gasteiger partial charge < -0.3 is 9.84 Å². The molecule has 1 saturated heterocycles. The molecule has 0 bridgehead atoms. The van der Waals surface area contributed by atoms with Gasteiger partial charge in [-0.3, -0.25) is 9.69 Å². The molecule has 5 aliphatic rings. The SMILES string of the molecule is CC(CCCC(C)(C)O)[C@H]1CC[C@H]2[C@@H]3CC=C4C[C@@H](OC(=O)CN5CCCCC5)CC[C@]4(C)[C@H]3CC[C@]12C. The van der Waals surface area contributed by atoms with Crippen LogP contribution in [0.3, 0.4) is 0 Å². The first kappa shape index (κ1) is 28.7. The lowest BCUT2D eigenvalue weighted by Crippen LogP contribution is -2.51. The molecule has 1 aliphatic heterocycles. The van der Waals surface area contributed by atoms with Crippen molar-refractivity contribution in [2.24, 2.45) is 40.4 Å². The Morgan fingerprint density at radius 2 is 1.87 bits per heavy atom. The Kier molecular flexibility index (Phi) is 8.44. The maximum Gasteiger partial charge on any atom is 0.320 e. The van der Waals surface area contributed by atoms with Gasteiger partial charge in [-0.1, -0.05) is 51.7 Å². The molecule has 0 aromatic rings. The summed E-state index contributed by atoms with van der Waals surface area (Å²) in [6.07, 6.45) is 19.7. The van der Waals surface area contributed by atoms with Gasteiger partial charge in [0.15, 0.2) is 0 Å². The zero-order chi connectivity index (χ0) is 27.1. The Bertz CT molecular complexity index is 869. The van der Waals surface area contributed by atoms with Crippen molar-refractivity contribution in [1.29, 1.82) is 0 Å². The lowest BCUT2D eigenvalue weighted by Gasteiger charge is -2.58. The van der Waals surface area contributed by atoms with Crippen molar-refractivity contribution in [2.45, 2.75) is 136 Å². The summed E-state index contributed by atoms with van der Waals surface area (Å²) in [5.41, 5.74) is 1.86. The Labute approximate surface area is 233 Å². The van der Waals surface area contributed by atoms with Crippen LogP contribution in [0.15, 0.2) is 11.6 Å². The van der Waals surface area contributed by atoms with E-state index in [9.17, 15) is 9.90 Å². The second-order valence-corrected chi connectivity index (χ2v) is 15.4. The van der Waals surface area contributed by atoms with Crippen molar-refractivity contribution in [3.63, 3.8) is 0 Å². The number of likely N-dealkylation sites (tertiary alicyclic amines) is 1. The lowest BCUT2D eigenvalue weighted by molar-refractivity contribution is -0.153. The molecule has 1 N–H and O–H groups in total. The number of allylic oxidation sites excluding steroid dienone is 1. The first-order chi connectivity index (χ1) is 18.0. The molecule has 38 heavy (non-hydrogen) atoms. The van der Waals surface area contributed by atoms with Gasteiger partial charge >= 0.3 is 5.97 Å². The number of ether oxygens (including phenoxy) is 1. The highest BCUT2D eigenvalue weighted by Crippen LogP contribution is 2.67. The molecule has 0 spiro atoms. The normalized spacial score (nSPS) is 40.5. The molecular formula is C34H57NO3. The fraction of sp³-hybridized carbons (Fsp3) is 0.912. The van der Waals surface area contributed by atoms with Crippen LogP contribution in [0.1, 0.15) is 125 Å². The number of hydrogen-bond donors (Lipinski definition) is 1. The first-order valence-corrected chi connectivity index (χ1v) is 16.3. The van der Waals surface area contributed by atoms with E-state index in [1.807, 2.05) is 13.8 Å². The van der Waals surface area contributed by atoms with E-state index >= 15 is 0 Å². The number of nitrogens with zero attached hydrogens (tertiary/aromatic N) is 1. The summed E-state index contributed by atoms with van der Waals surface area (Å²) in [5.74, 6) is 4.08. The van der Waals surface area contributed by atoms with Crippen LogP contribution in [0.5, 0.6) is 0 Å². The smallest absolute Gasteiger partial charge is 0.320 e. The van der Waals surface area contributed by atoms with E-state index in [1.54, 1.807) is 5.57 Å². The van der Waals surface area contributed by atoms with Crippen LogP contribution in [0.4, 0.5) is 0 Å². The van der Waals surface area contributed by atoms with Crippen molar-refractivity contribution in [3.05, 3.63) is 11.6 Å². The van der Waals surface area contributed by atoms with Gasteiger partial charge in [0, 0.05) is 6.42 Å². The van der Waals surface area contributed by atoms with Crippen LogP contribution in [-0.2, 0) is 9.53 Å². The molecule has 3 saturated carbocycles. The Morgan fingerprint density at radius 3 is 2.61 bits per heavy atom. The average molecular weight is 528 g/mol. The molecule has 216 valence electrons. The third-order valence-corrected chi connectivity index (χ3v) is 12.4. The molecule has 8 atom stereocenters. The molecule has 0 aromatic carbocycles. The Morgan fingerprint density at radius 1 is 1.11 bits per heavy atom. The van der Waals surface area contributed by atoms with Gasteiger partial charge in [0.25, 0.3) is 0 Å². The monoisotopic (exact) mass is 527 g/mol. The molecule has 4 nitrogen and oxygen atoms in total. The number of carbonyl (C=O) groups excluding carboxylic acids is 1. The molecule has 4 aliphatic carbocycles. The van der Waals surface area contributed by atoms with Gasteiger partial charge in [0.1, 0.15) is 6.10 Å². The molecule has 0 radical (unpaired) electrons. The summed E-state index contributed by atoms with van der Waals surface area (Å²) in [6.45, 7) is 14.2. The maximum atomic E-state index is 12.7. The number of esters is 1. The zero-order valence-corrected chi connectivity index (χ0v) is 25.3. The van der Waals surface area contributed by atoms with E-state index in [-0.39, 0.29) is 12.1 Å². The third-order valence-electron chi connectivity index (χ3n) is 12.4. The maximum absolute atomic E-state index is 12.7. The van der Waals surface area contributed by atoms with Crippen LogP contribution >= 0.6 is 0 Å². The minimum absolute atomic E-state index is 0.00288. The summed E-state index contributed by atoms with van der Waals surface area (Å²) in [6, 6.07) is 0. The zero-order valence-electron chi connectivity index (χ0n) is 25.3. The van der Waals surface area contributed by atoms with Crippen LogP contribution in [0.25, 0.3) is 0 Å². The number of aliphatic hydroxyl groups is 1. The third kappa shape index (κ3) is 5.78. The molecule has 0 aromatic heterocycles. The molecule has 1 heterocycles. The second-order valence-electron chi connectivity index (χ2n) is 15.4. The van der Waals surface area contributed by atoms with E-state index in [2.05, 4.69) is 31.7 Å². The lowest BCUT2D eigenvalue weighted by atomic mass is 9.47. The molecule has 4 fully saturated rings. The van der Waals surface area contributed by atoms with Crippen LogP contribution in [-0.4, -0.2) is 47.3 Å². The average Bonchev–Trinajstić information content (AvgIpc) is 3.21. The van der Waals surface area contributed by atoms with E-state index < -0.39 is 5.60 Å². The first-order valence-electron chi connectivity index (χ1n) is 16.3. The van der Waals surface area contributed by atoms with E-state index in [4.69, 9.17) is 4.74 Å². The largest absolute Gasteiger partial charge is 0.461 e. The van der Waals surface area contributed by atoms with Gasteiger partial charge in [-0.2, -0.15) is 0 Å². The van der Waals surface area contributed by atoms with Crippen LogP contribution in [0.2, 0.25) is 0 Å². The van der Waals surface area contributed by atoms with E-state index in [0.29, 0.717) is 17.4 Å². The van der Waals surface area contributed by atoms with Gasteiger partial charge in [0.2, 0.25) is 0 Å². The van der Waals surface area contributed by atoms with Crippen LogP contribution in [0, 0.1) is 40.4 Å². The van der Waals surface area contributed by atoms with Crippen LogP contribution < -0.4 is 0 Å². The van der Waals surface area contributed by atoms with Gasteiger partial charge in [-0.25, -0.2) is 0 Å². The number of rotatable bonds is 8. The van der Waals surface area contributed by atoms with Gasteiger partial charge in [0.05, 0.1) is 12.1 Å². The fourth-order valence-electron chi connectivity index (χ4n) is 10.3. The second kappa shape index (κ2) is 11.2. The molecule has 0 amide bonds. The summed E-state index contributed by atoms with van der Waals surface area (Å²) in [7, 11) is 0. The standard InChI is InChI=1S/C34H57NO3/c1-24(10-9-17-32(2,3)37)28-13-14-29-27-12-11-25-22-26(38-31(36)23-35-20-7-6-8-21-35)15-18-33(25,4)30(27)16-19-34(28,29)5/h11,24,26-30,37H,6-10,12-23H2,1-5H3/t24?,26-,27-,28+,29-,30-,33-,34+/m0/s1. The predicted octanol–water partition coefficient (Wildman–Crippen LogP) is 7.54. The number of piperidine rings is 1. The fourth-order valence-corrected chi connectivity index (χ4v) is 10.3. The predicted molar refractivity (Wildman–Crippen MR) is 155 cm³/mol. The quantitative estimate of drug-likeness (QED) is 0.262. The highest BCUT2D eigenvalue weighted by Gasteiger charge is 2.59. The van der Waals surface area contributed by atoms with E-state index in [1.165, 1.54) is 64.2 Å². The Balaban J connectivity index is 1.20. The summed E-state index contributed by atoms with van der Waals surface area (Å²) in [5, 5.41) is 10.2. The highest BCUT2D eigenvalue weighted by molar-refractivity contribution is 5.72. The Hall–Kier alpha value is -0.870. The number of hydrogen-bond acceptors (Lipinski definition) is 4. The summed E-state index contributed by atoms with van der Waals surface area (Å²) >= 11 is 0. The highest BCUT2D eigenvalue weighted by atomic mass is 16.5. The topological polar surface area (TPSA) is 49.8 Å². The van der Waals surface area contributed by atoms with Crippen molar-refractivity contribution < 1.29 is 14.6 Å². The van der Waals surface area contributed by atoms with Crippen molar-refractivity contribution in [3.8, 4) is 0 Å². The van der Waals surface area contributed by atoms with Crippen molar-refractivity contribution in [2.75, 3.05) is 19.6 Å². The molecule has 5 rings (SSSR count). The van der Waals surface area contributed by atoms with Gasteiger partial charge in [-0.05, 0) is 132 Å². The van der Waals surface area contributed by atoms with Crippen molar-refractivity contribution >= 4 is 5.97 Å². The van der Waals surface area contributed by atoms with E-state index in [0.717, 1.165) is 68.4 Å². The molecule has 1 unspecified atom stereocenters. The molecular weight excluding hydrogens is 470 g/mol.